The van der Waals surface area contributed by atoms with Gasteiger partial charge < -0.3 is 10.4 Å². The molecule has 0 aromatic heterocycles. The van der Waals surface area contributed by atoms with Crippen molar-refractivity contribution in [1.29, 1.82) is 0 Å². The fourth-order valence-corrected chi connectivity index (χ4v) is 1.70. The van der Waals surface area contributed by atoms with Gasteiger partial charge in [0.05, 0.1) is 13.2 Å². The van der Waals surface area contributed by atoms with E-state index in [2.05, 4.69) is 5.32 Å². The fourth-order valence-electron chi connectivity index (χ4n) is 1.70. The number of halogens is 2. The molecule has 0 atom stereocenters. The molecule has 0 aliphatic rings. The van der Waals surface area contributed by atoms with Crippen LogP contribution in [0.1, 0.15) is 20.8 Å². The lowest BCUT2D eigenvalue weighted by Gasteiger charge is -2.32. The second kappa shape index (κ2) is 7.92. The van der Waals surface area contributed by atoms with Crippen molar-refractivity contribution in [3.05, 3.63) is 0 Å². The first-order valence-corrected chi connectivity index (χ1v) is 5.73. The van der Waals surface area contributed by atoms with Crippen molar-refractivity contribution in [2.75, 3.05) is 39.3 Å². The molecule has 0 fully saturated rings. The molecule has 3 nitrogen and oxygen atoms in total. The largest absolute Gasteiger partial charge is 0.395 e. The average Bonchev–Trinajstić information content (AvgIpc) is 2.13. The predicted molar refractivity (Wildman–Crippen MR) is 61.9 cm³/mol. The highest BCUT2D eigenvalue weighted by Gasteiger charge is 2.22. The summed E-state index contributed by atoms with van der Waals surface area (Å²) in [6.45, 7) is 8.26. The van der Waals surface area contributed by atoms with Gasteiger partial charge in [-0.25, -0.2) is 8.78 Å². The van der Waals surface area contributed by atoms with E-state index in [1.807, 2.05) is 20.8 Å². The highest BCUT2D eigenvalue weighted by atomic mass is 19.3. The van der Waals surface area contributed by atoms with E-state index in [1.165, 1.54) is 0 Å². The molecule has 98 valence electrons. The van der Waals surface area contributed by atoms with Gasteiger partial charge in [0.25, 0.3) is 6.43 Å². The molecule has 0 unspecified atom stereocenters. The molecule has 0 heterocycles. The number of rotatable bonds is 9. The minimum atomic E-state index is -2.35. The SMILES string of the molecule is CCNCC(C)(C)CN(CCO)CC(F)F. The van der Waals surface area contributed by atoms with Gasteiger partial charge in [0, 0.05) is 19.6 Å². The maximum absolute atomic E-state index is 12.3. The molecule has 0 saturated carbocycles. The van der Waals surface area contributed by atoms with Crippen LogP contribution in [0.4, 0.5) is 8.78 Å². The van der Waals surface area contributed by atoms with Crippen LogP contribution in [0.2, 0.25) is 0 Å². The van der Waals surface area contributed by atoms with Gasteiger partial charge in [-0.15, -0.1) is 0 Å². The second-order valence-electron chi connectivity index (χ2n) is 4.79. The zero-order valence-corrected chi connectivity index (χ0v) is 10.5. The molecule has 16 heavy (non-hydrogen) atoms. The average molecular weight is 238 g/mol. The van der Waals surface area contributed by atoms with Crippen LogP contribution in [-0.4, -0.2) is 55.8 Å². The number of nitrogens with zero attached hydrogens (tertiary/aromatic N) is 1. The summed E-state index contributed by atoms with van der Waals surface area (Å²) in [5, 5.41) is 12.0. The lowest BCUT2D eigenvalue weighted by molar-refractivity contribution is 0.0580. The maximum Gasteiger partial charge on any atom is 0.251 e. The van der Waals surface area contributed by atoms with Crippen LogP contribution in [0.25, 0.3) is 0 Å². The monoisotopic (exact) mass is 238 g/mol. The van der Waals surface area contributed by atoms with Gasteiger partial charge in [0.1, 0.15) is 0 Å². The van der Waals surface area contributed by atoms with Crippen molar-refractivity contribution in [2.24, 2.45) is 5.41 Å². The summed E-state index contributed by atoms with van der Waals surface area (Å²) in [6, 6.07) is 0. The molecule has 5 heteroatoms. The molecule has 0 bridgehead atoms. The lowest BCUT2D eigenvalue weighted by atomic mass is 9.92. The molecule has 0 amide bonds. The van der Waals surface area contributed by atoms with Crippen LogP contribution in [-0.2, 0) is 0 Å². The molecule has 0 spiro atoms. The third-order valence-corrected chi connectivity index (χ3v) is 2.32. The van der Waals surface area contributed by atoms with E-state index in [0.717, 1.165) is 13.1 Å². The van der Waals surface area contributed by atoms with Gasteiger partial charge in [0.15, 0.2) is 0 Å². The number of hydrogen-bond acceptors (Lipinski definition) is 3. The fraction of sp³-hybridized carbons (Fsp3) is 1.00. The quantitative estimate of drug-likeness (QED) is 0.633. The number of aliphatic hydroxyl groups excluding tert-OH is 1. The summed E-state index contributed by atoms with van der Waals surface area (Å²) in [6.07, 6.45) is -2.35. The number of aliphatic hydroxyl groups is 1. The van der Waals surface area contributed by atoms with Crippen molar-refractivity contribution < 1.29 is 13.9 Å². The van der Waals surface area contributed by atoms with Crippen molar-refractivity contribution in [2.45, 2.75) is 27.2 Å². The highest BCUT2D eigenvalue weighted by Crippen LogP contribution is 2.16. The van der Waals surface area contributed by atoms with Crippen molar-refractivity contribution in [3.63, 3.8) is 0 Å². The van der Waals surface area contributed by atoms with E-state index in [1.54, 1.807) is 4.90 Å². The van der Waals surface area contributed by atoms with Gasteiger partial charge in [0.2, 0.25) is 0 Å². The van der Waals surface area contributed by atoms with E-state index in [4.69, 9.17) is 5.11 Å². The van der Waals surface area contributed by atoms with Gasteiger partial charge in [-0.05, 0) is 12.0 Å². The Morgan fingerprint density at radius 3 is 2.44 bits per heavy atom. The number of nitrogens with one attached hydrogen (secondary N) is 1. The normalized spacial score (nSPS) is 12.8. The Labute approximate surface area is 96.8 Å². The van der Waals surface area contributed by atoms with E-state index in [-0.39, 0.29) is 18.6 Å². The van der Waals surface area contributed by atoms with Crippen LogP contribution in [0.15, 0.2) is 0 Å². The summed E-state index contributed by atoms with van der Waals surface area (Å²) in [7, 11) is 0. The predicted octanol–water partition coefficient (Wildman–Crippen LogP) is 1.18. The Balaban J connectivity index is 4.13. The van der Waals surface area contributed by atoms with Crippen molar-refractivity contribution >= 4 is 0 Å². The Bertz CT molecular complexity index is 177. The highest BCUT2D eigenvalue weighted by molar-refractivity contribution is 4.76. The Morgan fingerprint density at radius 1 is 1.38 bits per heavy atom. The van der Waals surface area contributed by atoms with E-state index in [0.29, 0.717) is 13.1 Å². The van der Waals surface area contributed by atoms with Crippen LogP contribution >= 0.6 is 0 Å². The molecular weight excluding hydrogens is 214 g/mol. The van der Waals surface area contributed by atoms with E-state index in [9.17, 15) is 8.78 Å². The zero-order chi connectivity index (χ0) is 12.6. The van der Waals surface area contributed by atoms with Crippen LogP contribution in [0.3, 0.4) is 0 Å². The maximum atomic E-state index is 12.3. The summed E-state index contributed by atoms with van der Waals surface area (Å²) in [5.41, 5.74) is -0.0694. The van der Waals surface area contributed by atoms with Crippen LogP contribution in [0.5, 0.6) is 0 Å². The third-order valence-electron chi connectivity index (χ3n) is 2.32. The molecule has 0 radical (unpaired) electrons. The summed E-state index contributed by atoms with van der Waals surface area (Å²) >= 11 is 0. The molecule has 0 aromatic rings. The first kappa shape index (κ1) is 15.7. The first-order chi connectivity index (χ1) is 7.41. The zero-order valence-electron chi connectivity index (χ0n) is 10.5. The molecule has 0 saturated heterocycles. The van der Waals surface area contributed by atoms with E-state index < -0.39 is 6.43 Å². The summed E-state index contributed by atoms with van der Waals surface area (Å²) in [5.74, 6) is 0. The number of alkyl halides is 2. The molecule has 0 rings (SSSR count). The third kappa shape index (κ3) is 7.96. The smallest absolute Gasteiger partial charge is 0.251 e. The molecule has 0 aliphatic carbocycles. The summed E-state index contributed by atoms with van der Waals surface area (Å²) < 4.78 is 24.6. The topological polar surface area (TPSA) is 35.5 Å². The number of hydrogen-bond donors (Lipinski definition) is 2. The van der Waals surface area contributed by atoms with Crippen molar-refractivity contribution in [3.8, 4) is 0 Å². The van der Waals surface area contributed by atoms with Crippen LogP contribution < -0.4 is 5.32 Å². The van der Waals surface area contributed by atoms with E-state index >= 15 is 0 Å². The molecule has 0 aromatic carbocycles. The van der Waals surface area contributed by atoms with Gasteiger partial charge in [-0.2, -0.15) is 0 Å². The van der Waals surface area contributed by atoms with Gasteiger partial charge >= 0.3 is 0 Å². The Morgan fingerprint density at radius 2 is 2.00 bits per heavy atom. The minimum absolute atomic E-state index is 0.0694. The Hall–Kier alpha value is -0.260. The van der Waals surface area contributed by atoms with Gasteiger partial charge in [-0.3, -0.25) is 4.90 Å². The Kier molecular flexibility index (Phi) is 7.80. The lowest BCUT2D eigenvalue weighted by Crippen LogP contribution is -2.43. The minimum Gasteiger partial charge on any atom is -0.395 e. The standard InChI is InChI=1S/C11H24F2N2O/c1-4-14-8-11(2,3)9-15(5-6-16)7-10(12)13/h10,14,16H,4-9H2,1-3H3. The van der Waals surface area contributed by atoms with Crippen molar-refractivity contribution in [1.82, 2.24) is 10.2 Å². The molecular formula is C11H24F2N2O. The molecule has 0 aliphatic heterocycles. The first-order valence-electron chi connectivity index (χ1n) is 5.73. The van der Waals surface area contributed by atoms with Gasteiger partial charge in [-0.1, -0.05) is 20.8 Å². The molecule has 2 N–H and O–H groups in total. The summed E-state index contributed by atoms with van der Waals surface area (Å²) in [4.78, 5) is 1.61. The van der Waals surface area contributed by atoms with Crippen LogP contribution in [0, 0.1) is 5.41 Å². The second-order valence-corrected chi connectivity index (χ2v) is 4.79.